The van der Waals surface area contributed by atoms with Crippen LogP contribution in [0.25, 0.3) is 0 Å². The van der Waals surface area contributed by atoms with Crippen molar-refractivity contribution >= 4 is 11.3 Å². The summed E-state index contributed by atoms with van der Waals surface area (Å²) >= 11 is 1.78. The summed E-state index contributed by atoms with van der Waals surface area (Å²) in [6.07, 6.45) is 4.78. The average Bonchev–Trinajstić information content (AvgIpc) is 2.92. The van der Waals surface area contributed by atoms with E-state index in [0.717, 1.165) is 13.0 Å². The first kappa shape index (κ1) is 11.9. The van der Waals surface area contributed by atoms with E-state index in [-0.39, 0.29) is 5.41 Å². The lowest BCUT2D eigenvalue weighted by atomic mass is 9.67. The van der Waals surface area contributed by atoms with Crippen molar-refractivity contribution < 1.29 is 0 Å². The zero-order chi connectivity index (χ0) is 12.4. The third-order valence-corrected chi connectivity index (χ3v) is 4.94. The topological polar surface area (TPSA) is 26.0 Å². The lowest BCUT2D eigenvalue weighted by Gasteiger charge is -2.38. The first-order valence-corrected chi connectivity index (χ1v) is 7.58. The molecule has 0 saturated heterocycles. The minimum absolute atomic E-state index is 0.163. The Morgan fingerprint density at radius 3 is 2.89 bits per heavy atom. The molecule has 1 unspecified atom stereocenters. The molecule has 1 aliphatic carbocycles. The van der Waals surface area contributed by atoms with Crippen LogP contribution in [0.3, 0.4) is 0 Å². The fourth-order valence-corrected chi connectivity index (χ4v) is 3.93. The van der Waals surface area contributed by atoms with Gasteiger partial charge in [0.1, 0.15) is 0 Å². The molecule has 2 aromatic rings. The standard InChI is InChI=1S/C16H19NS/c17-12-16(10-13-7-9-18-11-13)8-3-5-14-4-1-2-6-15(14)16/h1-2,4,6-7,9,11H,3,5,8,10,12,17H2. The minimum atomic E-state index is 0.163. The summed E-state index contributed by atoms with van der Waals surface area (Å²) < 4.78 is 0. The van der Waals surface area contributed by atoms with Crippen LogP contribution < -0.4 is 5.73 Å². The van der Waals surface area contributed by atoms with Crippen molar-refractivity contribution in [2.45, 2.75) is 31.1 Å². The Bertz CT molecular complexity index is 518. The lowest BCUT2D eigenvalue weighted by molar-refractivity contribution is 0.366. The normalized spacial score (nSPS) is 22.7. The Kier molecular flexibility index (Phi) is 3.23. The highest BCUT2D eigenvalue weighted by atomic mass is 32.1. The summed E-state index contributed by atoms with van der Waals surface area (Å²) in [4.78, 5) is 0. The molecule has 3 rings (SSSR count). The lowest BCUT2D eigenvalue weighted by Crippen LogP contribution is -2.40. The largest absolute Gasteiger partial charge is 0.330 e. The number of hydrogen-bond donors (Lipinski definition) is 1. The fraction of sp³-hybridized carbons (Fsp3) is 0.375. The van der Waals surface area contributed by atoms with E-state index in [4.69, 9.17) is 5.73 Å². The van der Waals surface area contributed by atoms with Crippen LogP contribution in [0.15, 0.2) is 41.1 Å². The summed E-state index contributed by atoms with van der Waals surface area (Å²) in [6, 6.07) is 11.1. The Hall–Kier alpha value is -1.12. The smallest absolute Gasteiger partial charge is 0.0119 e. The van der Waals surface area contributed by atoms with Gasteiger partial charge < -0.3 is 5.73 Å². The molecular formula is C16H19NS. The summed E-state index contributed by atoms with van der Waals surface area (Å²) in [7, 11) is 0. The van der Waals surface area contributed by atoms with Crippen molar-refractivity contribution in [2.75, 3.05) is 6.54 Å². The van der Waals surface area contributed by atoms with Crippen LogP contribution in [0.4, 0.5) is 0 Å². The molecule has 2 heteroatoms. The molecule has 2 N–H and O–H groups in total. The molecule has 0 radical (unpaired) electrons. The number of aryl methyl sites for hydroxylation is 1. The van der Waals surface area contributed by atoms with Gasteiger partial charge in [-0.2, -0.15) is 11.3 Å². The zero-order valence-corrected chi connectivity index (χ0v) is 11.4. The van der Waals surface area contributed by atoms with Crippen LogP contribution in [0.5, 0.6) is 0 Å². The zero-order valence-electron chi connectivity index (χ0n) is 10.6. The third-order valence-electron chi connectivity index (χ3n) is 4.20. The van der Waals surface area contributed by atoms with Gasteiger partial charge in [-0.3, -0.25) is 0 Å². The molecule has 0 saturated carbocycles. The maximum atomic E-state index is 6.17. The highest BCUT2D eigenvalue weighted by molar-refractivity contribution is 7.07. The molecule has 0 aliphatic heterocycles. The van der Waals surface area contributed by atoms with Gasteiger partial charge in [0.15, 0.2) is 0 Å². The van der Waals surface area contributed by atoms with E-state index in [0.29, 0.717) is 0 Å². The average molecular weight is 257 g/mol. The molecule has 18 heavy (non-hydrogen) atoms. The molecule has 0 fully saturated rings. The van der Waals surface area contributed by atoms with E-state index in [9.17, 15) is 0 Å². The highest BCUT2D eigenvalue weighted by Gasteiger charge is 2.35. The molecule has 1 aliphatic rings. The Morgan fingerprint density at radius 1 is 1.22 bits per heavy atom. The van der Waals surface area contributed by atoms with Crippen LogP contribution in [-0.2, 0) is 18.3 Å². The fourth-order valence-electron chi connectivity index (χ4n) is 3.26. The van der Waals surface area contributed by atoms with E-state index in [1.807, 2.05) is 0 Å². The van der Waals surface area contributed by atoms with Gasteiger partial charge in [0.05, 0.1) is 0 Å². The van der Waals surface area contributed by atoms with Gasteiger partial charge in [0, 0.05) is 12.0 Å². The maximum absolute atomic E-state index is 6.17. The summed E-state index contributed by atoms with van der Waals surface area (Å²) in [6.45, 7) is 0.750. The van der Waals surface area contributed by atoms with Crippen molar-refractivity contribution in [1.82, 2.24) is 0 Å². The number of benzene rings is 1. The predicted octanol–water partition coefficient (Wildman–Crippen LogP) is 3.52. The van der Waals surface area contributed by atoms with E-state index in [2.05, 4.69) is 41.1 Å². The number of thiophene rings is 1. The Morgan fingerprint density at radius 2 is 2.11 bits per heavy atom. The molecule has 0 bridgehead atoms. The van der Waals surface area contributed by atoms with E-state index < -0.39 is 0 Å². The molecule has 0 spiro atoms. The second kappa shape index (κ2) is 4.87. The molecule has 0 amide bonds. The number of nitrogens with two attached hydrogens (primary N) is 1. The monoisotopic (exact) mass is 257 g/mol. The quantitative estimate of drug-likeness (QED) is 0.894. The van der Waals surface area contributed by atoms with Crippen LogP contribution in [-0.4, -0.2) is 6.54 Å². The number of fused-ring (bicyclic) bond motifs is 1. The van der Waals surface area contributed by atoms with E-state index in [1.54, 1.807) is 11.3 Å². The van der Waals surface area contributed by atoms with Gasteiger partial charge in [-0.25, -0.2) is 0 Å². The van der Waals surface area contributed by atoms with Crippen LogP contribution in [0.2, 0.25) is 0 Å². The first-order valence-electron chi connectivity index (χ1n) is 6.64. The summed E-state index contributed by atoms with van der Waals surface area (Å²) in [5.41, 5.74) is 10.8. The maximum Gasteiger partial charge on any atom is 0.0119 e. The van der Waals surface area contributed by atoms with Crippen LogP contribution in [0, 0.1) is 0 Å². The summed E-state index contributed by atoms with van der Waals surface area (Å²) in [5.74, 6) is 0. The molecule has 1 aromatic heterocycles. The van der Waals surface area contributed by atoms with Crippen LogP contribution in [0.1, 0.15) is 29.5 Å². The van der Waals surface area contributed by atoms with Crippen molar-refractivity contribution in [3.05, 3.63) is 57.8 Å². The Labute approximate surface area is 113 Å². The number of rotatable bonds is 3. The third kappa shape index (κ3) is 2.00. The van der Waals surface area contributed by atoms with Crippen molar-refractivity contribution in [3.8, 4) is 0 Å². The molecule has 94 valence electrons. The van der Waals surface area contributed by atoms with Gasteiger partial charge in [-0.05, 0) is 59.2 Å². The van der Waals surface area contributed by atoms with Crippen molar-refractivity contribution in [2.24, 2.45) is 5.73 Å². The minimum Gasteiger partial charge on any atom is -0.330 e. The molecule has 1 heterocycles. The van der Waals surface area contributed by atoms with Gasteiger partial charge in [-0.15, -0.1) is 0 Å². The molecule has 1 atom stereocenters. The van der Waals surface area contributed by atoms with Gasteiger partial charge in [0.2, 0.25) is 0 Å². The van der Waals surface area contributed by atoms with Gasteiger partial charge >= 0.3 is 0 Å². The van der Waals surface area contributed by atoms with Crippen molar-refractivity contribution in [1.29, 1.82) is 0 Å². The van der Waals surface area contributed by atoms with E-state index in [1.165, 1.54) is 36.0 Å². The second-order valence-corrected chi connectivity index (χ2v) is 6.08. The van der Waals surface area contributed by atoms with Crippen LogP contribution >= 0.6 is 11.3 Å². The molecule has 1 aromatic carbocycles. The highest BCUT2D eigenvalue weighted by Crippen LogP contribution is 2.39. The SMILES string of the molecule is NCC1(Cc2ccsc2)CCCc2ccccc21. The van der Waals surface area contributed by atoms with Crippen molar-refractivity contribution in [3.63, 3.8) is 0 Å². The van der Waals surface area contributed by atoms with Gasteiger partial charge in [0.25, 0.3) is 0 Å². The Balaban J connectivity index is 2.02. The molecule has 1 nitrogen and oxygen atoms in total. The predicted molar refractivity (Wildman–Crippen MR) is 78.1 cm³/mol. The van der Waals surface area contributed by atoms with E-state index >= 15 is 0 Å². The number of hydrogen-bond acceptors (Lipinski definition) is 2. The molecular weight excluding hydrogens is 238 g/mol. The second-order valence-electron chi connectivity index (χ2n) is 5.30. The van der Waals surface area contributed by atoms with Gasteiger partial charge in [-0.1, -0.05) is 24.3 Å². The first-order chi connectivity index (χ1) is 8.84. The summed E-state index contributed by atoms with van der Waals surface area (Å²) in [5, 5.41) is 4.42.